The Bertz CT molecular complexity index is 1520. The van der Waals surface area contributed by atoms with Crippen molar-refractivity contribution in [1.82, 2.24) is 9.47 Å². The summed E-state index contributed by atoms with van der Waals surface area (Å²) in [7, 11) is 0. The molecule has 5 rings (SSSR count). The molecule has 1 aliphatic heterocycles. The number of amides is 1. The maximum absolute atomic E-state index is 13.6. The van der Waals surface area contributed by atoms with E-state index in [9.17, 15) is 29.0 Å². The average Bonchev–Trinajstić information content (AvgIpc) is 2.94. The van der Waals surface area contributed by atoms with Crippen LogP contribution in [0.5, 0.6) is 11.5 Å². The Kier molecular flexibility index (Phi) is 7.14. The fourth-order valence-electron chi connectivity index (χ4n) is 5.01. The summed E-state index contributed by atoms with van der Waals surface area (Å²) in [4.78, 5) is 39.6. The number of hydrogen-bond donors (Lipinski definition) is 2. The van der Waals surface area contributed by atoms with Gasteiger partial charge in [-0.25, -0.2) is 9.18 Å². The summed E-state index contributed by atoms with van der Waals surface area (Å²) in [5, 5.41) is 20.5. The zero-order chi connectivity index (χ0) is 27.5. The molecule has 0 fully saturated rings. The van der Waals surface area contributed by atoms with Crippen LogP contribution in [0.15, 0.2) is 95.9 Å². The van der Waals surface area contributed by atoms with E-state index in [1.54, 1.807) is 0 Å². The molecule has 3 aromatic carbocycles. The molecule has 8 nitrogen and oxygen atoms in total. The van der Waals surface area contributed by atoms with Crippen molar-refractivity contribution >= 4 is 11.9 Å². The average molecular weight is 529 g/mol. The van der Waals surface area contributed by atoms with Crippen LogP contribution >= 0.6 is 0 Å². The van der Waals surface area contributed by atoms with E-state index in [0.717, 1.165) is 17.3 Å². The van der Waals surface area contributed by atoms with Crippen LogP contribution in [0.25, 0.3) is 0 Å². The minimum Gasteiger partial charge on any atom is -0.503 e. The minimum atomic E-state index is -1.50. The highest BCUT2D eigenvalue weighted by atomic mass is 19.1. The zero-order valence-electron chi connectivity index (χ0n) is 20.7. The molecular formula is C30H25FN2O6. The zero-order valence-corrected chi connectivity index (χ0v) is 20.7. The Morgan fingerprint density at radius 3 is 2.10 bits per heavy atom. The number of halogens is 1. The van der Waals surface area contributed by atoms with Crippen LogP contribution in [0.2, 0.25) is 0 Å². The van der Waals surface area contributed by atoms with Gasteiger partial charge >= 0.3 is 5.97 Å². The Labute approximate surface area is 223 Å². The first-order chi connectivity index (χ1) is 18.8. The maximum Gasteiger partial charge on any atom is 0.341 e. The van der Waals surface area contributed by atoms with Crippen LogP contribution in [0, 0.1) is 5.82 Å². The van der Waals surface area contributed by atoms with E-state index < -0.39 is 40.5 Å². The van der Waals surface area contributed by atoms with Gasteiger partial charge in [-0.1, -0.05) is 60.7 Å². The molecule has 9 heteroatoms. The van der Waals surface area contributed by atoms with Crippen molar-refractivity contribution < 1.29 is 28.9 Å². The van der Waals surface area contributed by atoms with Crippen LogP contribution in [0.3, 0.4) is 0 Å². The van der Waals surface area contributed by atoms with E-state index in [1.807, 2.05) is 60.7 Å². The second kappa shape index (κ2) is 10.8. The Balaban J connectivity index is 1.59. The maximum atomic E-state index is 13.6. The number of aromatic nitrogens is 1. The predicted octanol–water partition coefficient (Wildman–Crippen LogP) is 4.30. The largest absolute Gasteiger partial charge is 0.503 e. The number of nitrogens with zero attached hydrogens (tertiary/aromatic N) is 2. The number of fused-ring (bicyclic) bond motifs is 1. The molecule has 1 aromatic heterocycles. The standard InChI is InChI=1S/C30H25FN2O6/c31-21-11-13-22(14-12-21)39-16-15-32-18-24(25(19-7-3-1-4-8-19)20-9-5-2-6-10-20)33-17-23(30(37)38)27(34)28(35)26(33)29(32)36/h1-14,17,24-25,35H,15-16,18H2,(H,37,38). The quantitative estimate of drug-likeness (QED) is 0.353. The summed E-state index contributed by atoms with van der Waals surface area (Å²) < 4.78 is 20.4. The van der Waals surface area contributed by atoms with Crippen molar-refractivity contribution in [1.29, 1.82) is 0 Å². The number of carbonyl (C=O) groups excluding carboxylic acids is 1. The molecule has 39 heavy (non-hydrogen) atoms. The monoisotopic (exact) mass is 528 g/mol. The number of pyridine rings is 1. The molecule has 4 aromatic rings. The summed E-state index contributed by atoms with van der Waals surface area (Å²) in [6.45, 7) is 0.329. The molecule has 1 amide bonds. The molecule has 2 heterocycles. The van der Waals surface area contributed by atoms with Gasteiger partial charge in [0.25, 0.3) is 5.91 Å². The van der Waals surface area contributed by atoms with E-state index in [2.05, 4.69) is 0 Å². The van der Waals surface area contributed by atoms with Crippen molar-refractivity contribution in [3.63, 3.8) is 0 Å². The highest BCUT2D eigenvalue weighted by molar-refractivity contribution is 5.97. The lowest BCUT2D eigenvalue weighted by molar-refractivity contribution is 0.0611. The molecule has 0 saturated heterocycles. The van der Waals surface area contributed by atoms with Crippen LogP contribution in [-0.2, 0) is 0 Å². The summed E-state index contributed by atoms with van der Waals surface area (Å²) >= 11 is 0. The normalized spacial score (nSPS) is 14.8. The van der Waals surface area contributed by atoms with Crippen molar-refractivity contribution in [2.75, 3.05) is 19.7 Å². The molecule has 0 aliphatic carbocycles. The van der Waals surface area contributed by atoms with E-state index in [4.69, 9.17) is 4.74 Å². The number of carbonyl (C=O) groups is 2. The van der Waals surface area contributed by atoms with Crippen molar-refractivity contribution in [2.45, 2.75) is 12.0 Å². The number of aromatic hydroxyl groups is 1. The van der Waals surface area contributed by atoms with Crippen LogP contribution in [-0.4, -0.2) is 51.3 Å². The highest BCUT2D eigenvalue weighted by Gasteiger charge is 2.39. The van der Waals surface area contributed by atoms with Crippen molar-refractivity contribution in [3.8, 4) is 11.5 Å². The number of ether oxygens (including phenoxy) is 1. The van der Waals surface area contributed by atoms with E-state index >= 15 is 0 Å². The number of aromatic carboxylic acids is 1. The lowest BCUT2D eigenvalue weighted by Crippen LogP contribution is -2.48. The molecule has 198 valence electrons. The molecule has 1 unspecified atom stereocenters. The molecule has 1 aliphatic rings. The van der Waals surface area contributed by atoms with Crippen LogP contribution in [0.4, 0.5) is 4.39 Å². The molecular weight excluding hydrogens is 503 g/mol. The molecule has 1 atom stereocenters. The molecule has 0 saturated carbocycles. The van der Waals surface area contributed by atoms with Gasteiger partial charge in [-0.2, -0.15) is 0 Å². The van der Waals surface area contributed by atoms with E-state index in [1.165, 1.54) is 33.7 Å². The fraction of sp³-hybridized carbons (Fsp3) is 0.167. The molecule has 0 bridgehead atoms. The van der Waals surface area contributed by atoms with Gasteiger partial charge in [0.05, 0.1) is 12.6 Å². The summed E-state index contributed by atoms with van der Waals surface area (Å²) in [6.07, 6.45) is 1.15. The smallest absolute Gasteiger partial charge is 0.341 e. The third-order valence-electron chi connectivity index (χ3n) is 6.84. The lowest BCUT2D eigenvalue weighted by atomic mass is 9.83. The second-order valence-electron chi connectivity index (χ2n) is 9.20. The summed E-state index contributed by atoms with van der Waals surface area (Å²) in [6, 6.07) is 24.0. The van der Waals surface area contributed by atoms with Crippen molar-refractivity contribution in [3.05, 3.63) is 130 Å². The Morgan fingerprint density at radius 2 is 1.54 bits per heavy atom. The van der Waals surface area contributed by atoms with E-state index in [-0.39, 0.29) is 31.3 Å². The van der Waals surface area contributed by atoms with Gasteiger partial charge in [0.2, 0.25) is 5.43 Å². The fourth-order valence-corrected chi connectivity index (χ4v) is 5.01. The van der Waals surface area contributed by atoms with Gasteiger partial charge in [0.1, 0.15) is 23.7 Å². The third-order valence-corrected chi connectivity index (χ3v) is 6.84. The first-order valence-electron chi connectivity index (χ1n) is 12.3. The summed E-state index contributed by atoms with van der Waals surface area (Å²) in [5.41, 5.74) is -0.207. The number of benzene rings is 3. The number of rotatable bonds is 8. The van der Waals surface area contributed by atoms with Crippen LogP contribution < -0.4 is 10.2 Å². The lowest BCUT2D eigenvalue weighted by Gasteiger charge is -2.40. The van der Waals surface area contributed by atoms with Gasteiger partial charge in [0.15, 0.2) is 11.4 Å². The number of carboxylic acids is 1. The molecule has 0 spiro atoms. The van der Waals surface area contributed by atoms with Crippen molar-refractivity contribution in [2.24, 2.45) is 0 Å². The van der Waals surface area contributed by atoms with Gasteiger partial charge in [-0.05, 0) is 35.4 Å². The highest BCUT2D eigenvalue weighted by Crippen LogP contribution is 2.40. The van der Waals surface area contributed by atoms with E-state index in [0.29, 0.717) is 5.75 Å². The van der Waals surface area contributed by atoms with Gasteiger partial charge in [-0.3, -0.25) is 9.59 Å². The first kappa shape index (κ1) is 25.7. The number of carboxylic acid groups (broad SMARTS) is 1. The second-order valence-corrected chi connectivity index (χ2v) is 9.20. The summed E-state index contributed by atoms with van der Waals surface area (Å²) in [5.74, 6) is -3.36. The van der Waals surface area contributed by atoms with Gasteiger partial charge < -0.3 is 24.4 Å². The molecule has 2 N–H and O–H groups in total. The Hall–Kier alpha value is -4.92. The minimum absolute atomic E-state index is 0.0731. The molecule has 0 radical (unpaired) electrons. The predicted molar refractivity (Wildman–Crippen MR) is 141 cm³/mol. The Morgan fingerprint density at radius 1 is 0.949 bits per heavy atom. The first-order valence-corrected chi connectivity index (χ1v) is 12.3. The van der Waals surface area contributed by atoms with Crippen LogP contribution in [0.1, 0.15) is 43.9 Å². The van der Waals surface area contributed by atoms with Gasteiger partial charge in [0, 0.05) is 18.7 Å². The third kappa shape index (κ3) is 5.11. The van der Waals surface area contributed by atoms with Gasteiger partial charge in [-0.15, -0.1) is 0 Å². The SMILES string of the molecule is O=C(O)c1cn2c(c(O)c1=O)C(=O)N(CCOc1ccc(F)cc1)CC2C(c1ccccc1)c1ccccc1. The number of hydrogen-bond acceptors (Lipinski definition) is 5. The topological polar surface area (TPSA) is 109 Å².